The van der Waals surface area contributed by atoms with Crippen molar-refractivity contribution in [3.05, 3.63) is 35.9 Å². The van der Waals surface area contributed by atoms with Crippen molar-refractivity contribution in [3.63, 3.8) is 0 Å². The number of hydrogen-bond donors (Lipinski definition) is 0. The van der Waals surface area contributed by atoms with Crippen molar-refractivity contribution >= 4 is 36.2 Å². The third-order valence-electron chi connectivity index (χ3n) is 4.50. The number of esters is 1. The Labute approximate surface area is 245 Å². The molecule has 0 aromatic heterocycles. The molecule has 1 rings (SSSR count). The SMILES string of the molecule is COC(=O)CN(C(=O)CN(C(=O)OCc1ccccc1)C(=O)OC(C)(C)C)N(C(=O)OC(C)(C)C)C(=O)OC(C)(C)C. The van der Waals surface area contributed by atoms with Gasteiger partial charge in [0.05, 0.1) is 7.11 Å². The molecule has 234 valence electrons. The number of carbonyl (C=O) groups is 6. The van der Waals surface area contributed by atoms with Gasteiger partial charge >= 0.3 is 30.3 Å². The highest BCUT2D eigenvalue weighted by Crippen LogP contribution is 2.18. The molecule has 0 saturated carbocycles. The van der Waals surface area contributed by atoms with Crippen molar-refractivity contribution in [2.45, 2.75) is 85.7 Å². The van der Waals surface area contributed by atoms with E-state index in [1.165, 1.54) is 62.3 Å². The maximum Gasteiger partial charge on any atom is 0.439 e. The zero-order valence-corrected chi connectivity index (χ0v) is 25.8. The predicted molar refractivity (Wildman–Crippen MR) is 148 cm³/mol. The number of hydrogen-bond acceptors (Lipinski definition) is 11. The smallest absolute Gasteiger partial charge is 0.439 e. The van der Waals surface area contributed by atoms with Crippen LogP contribution in [-0.4, -0.2) is 88.2 Å². The highest BCUT2D eigenvalue weighted by Gasteiger charge is 2.41. The van der Waals surface area contributed by atoms with Gasteiger partial charge in [-0.05, 0) is 67.9 Å². The summed E-state index contributed by atoms with van der Waals surface area (Å²) in [7, 11) is 1.02. The molecule has 0 heterocycles. The first-order chi connectivity index (χ1) is 19.1. The molecule has 14 nitrogen and oxygen atoms in total. The normalized spacial score (nSPS) is 11.5. The predicted octanol–water partition coefficient (Wildman–Crippen LogP) is 4.65. The first-order valence-electron chi connectivity index (χ1n) is 13.0. The standard InChI is InChI=1S/C28H41N3O11/c1-26(2,3)40-23(35)29(22(34)39-18-19-14-12-11-13-15-19)16-20(32)30(17-21(33)38-10)31(24(36)41-27(4,5)6)25(37)42-28(7,8)9/h11-15H,16-18H2,1-10H3. The van der Waals surface area contributed by atoms with Gasteiger partial charge in [0.2, 0.25) is 0 Å². The van der Waals surface area contributed by atoms with Crippen LogP contribution in [-0.2, 0) is 39.9 Å². The van der Waals surface area contributed by atoms with Crippen molar-refractivity contribution in [3.8, 4) is 0 Å². The summed E-state index contributed by atoms with van der Waals surface area (Å²) >= 11 is 0. The molecule has 42 heavy (non-hydrogen) atoms. The van der Waals surface area contributed by atoms with E-state index in [9.17, 15) is 28.8 Å². The second kappa shape index (κ2) is 14.5. The summed E-state index contributed by atoms with van der Waals surface area (Å²) in [6.45, 7) is 11.3. The Morgan fingerprint density at radius 3 is 1.52 bits per heavy atom. The number of methoxy groups -OCH3 is 1. The third-order valence-corrected chi connectivity index (χ3v) is 4.50. The van der Waals surface area contributed by atoms with E-state index in [0.29, 0.717) is 15.5 Å². The average molecular weight is 596 g/mol. The monoisotopic (exact) mass is 595 g/mol. The molecular formula is C28H41N3O11. The Bertz CT molecular complexity index is 1100. The highest BCUT2D eigenvalue weighted by atomic mass is 16.6. The van der Waals surface area contributed by atoms with Gasteiger partial charge in [-0.2, -0.15) is 0 Å². The van der Waals surface area contributed by atoms with E-state index in [0.717, 1.165) is 7.11 Å². The lowest BCUT2D eigenvalue weighted by Crippen LogP contribution is -2.59. The maximum absolute atomic E-state index is 13.6. The topological polar surface area (TPSA) is 158 Å². The van der Waals surface area contributed by atoms with Crippen molar-refractivity contribution in [1.82, 2.24) is 14.9 Å². The number of carbonyl (C=O) groups excluding carboxylic acids is 6. The number of nitrogens with zero attached hydrogens (tertiary/aromatic N) is 3. The van der Waals surface area contributed by atoms with Crippen LogP contribution in [0.15, 0.2) is 30.3 Å². The fourth-order valence-corrected chi connectivity index (χ4v) is 2.87. The Kier molecular flexibility index (Phi) is 12.3. The Morgan fingerprint density at radius 1 is 0.643 bits per heavy atom. The molecule has 1 aromatic carbocycles. The van der Waals surface area contributed by atoms with Crippen molar-refractivity contribution in [2.75, 3.05) is 20.2 Å². The van der Waals surface area contributed by atoms with Crippen LogP contribution in [0.2, 0.25) is 0 Å². The number of benzene rings is 1. The number of hydrazine groups is 1. The summed E-state index contributed by atoms with van der Waals surface area (Å²) in [5.41, 5.74) is -2.76. The largest absolute Gasteiger partial charge is 0.468 e. The fourth-order valence-electron chi connectivity index (χ4n) is 2.87. The lowest BCUT2D eigenvalue weighted by Gasteiger charge is -2.35. The molecule has 0 unspecified atom stereocenters. The lowest BCUT2D eigenvalue weighted by atomic mass is 10.2. The molecular weight excluding hydrogens is 554 g/mol. The average Bonchev–Trinajstić information content (AvgIpc) is 2.82. The van der Waals surface area contributed by atoms with Crippen LogP contribution in [0.4, 0.5) is 19.2 Å². The van der Waals surface area contributed by atoms with Gasteiger partial charge in [0, 0.05) is 0 Å². The molecule has 5 amide bonds. The second-order valence-corrected chi connectivity index (χ2v) is 11.9. The zero-order valence-electron chi connectivity index (χ0n) is 25.8. The molecule has 0 spiro atoms. The van der Waals surface area contributed by atoms with Gasteiger partial charge in [-0.3, -0.25) is 9.59 Å². The van der Waals surface area contributed by atoms with E-state index >= 15 is 0 Å². The Morgan fingerprint density at radius 2 is 1.10 bits per heavy atom. The van der Waals surface area contributed by atoms with Crippen LogP contribution in [0, 0.1) is 0 Å². The molecule has 14 heteroatoms. The minimum Gasteiger partial charge on any atom is -0.468 e. The Balaban J connectivity index is 3.51. The summed E-state index contributed by atoms with van der Waals surface area (Å²) < 4.78 is 25.7. The van der Waals surface area contributed by atoms with Crippen molar-refractivity contribution in [2.24, 2.45) is 0 Å². The number of ether oxygens (including phenoxy) is 5. The minimum absolute atomic E-state index is 0.165. The maximum atomic E-state index is 13.6. The van der Waals surface area contributed by atoms with Gasteiger partial charge in [0.25, 0.3) is 5.91 Å². The second-order valence-electron chi connectivity index (χ2n) is 11.9. The van der Waals surface area contributed by atoms with E-state index in [-0.39, 0.29) is 11.6 Å². The summed E-state index contributed by atoms with van der Waals surface area (Å²) in [5, 5.41) is 0.522. The van der Waals surface area contributed by atoms with Crippen LogP contribution in [0.5, 0.6) is 0 Å². The van der Waals surface area contributed by atoms with Gasteiger partial charge in [0.1, 0.15) is 36.5 Å². The number of amides is 5. The van der Waals surface area contributed by atoms with E-state index in [1.54, 1.807) is 30.3 Å². The molecule has 0 aliphatic heterocycles. The van der Waals surface area contributed by atoms with Gasteiger partial charge < -0.3 is 23.7 Å². The fraction of sp³-hybridized carbons (Fsp3) is 0.571. The molecule has 0 atom stereocenters. The molecule has 0 bridgehead atoms. The van der Waals surface area contributed by atoms with Gasteiger partial charge in [-0.25, -0.2) is 29.1 Å². The molecule has 0 N–H and O–H groups in total. The first kappa shape index (κ1) is 35.7. The van der Waals surface area contributed by atoms with Gasteiger partial charge in [-0.1, -0.05) is 30.3 Å². The summed E-state index contributed by atoms with van der Waals surface area (Å²) in [4.78, 5) is 78.6. The summed E-state index contributed by atoms with van der Waals surface area (Å²) in [6, 6.07) is 8.53. The number of rotatable bonds is 6. The van der Waals surface area contributed by atoms with Crippen LogP contribution in [0.3, 0.4) is 0 Å². The van der Waals surface area contributed by atoms with Crippen molar-refractivity contribution in [1.29, 1.82) is 0 Å². The lowest BCUT2D eigenvalue weighted by molar-refractivity contribution is -0.158. The molecule has 0 aliphatic carbocycles. The summed E-state index contributed by atoms with van der Waals surface area (Å²) in [5.74, 6) is -2.30. The van der Waals surface area contributed by atoms with E-state index in [2.05, 4.69) is 4.74 Å². The molecule has 0 saturated heterocycles. The van der Waals surface area contributed by atoms with E-state index in [4.69, 9.17) is 18.9 Å². The van der Waals surface area contributed by atoms with Crippen molar-refractivity contribution < 1.29 is 52.5 Å². The summed E-state index contributed by atoms with van der Waals surface area (Å²) in [6.07, 6.45) is -5.26. The molecule has 0 fully saturated rings. The minimum atomic E-state index is -1.37. The van der Waals surface area contributed by atoms with Crippen LogP contribution < -0.4 is 0 Å². The van der Waals surface area contributed by atoms with Crippen LogP contribution in [0.1, 0.15) is 67.9 Å². The Hall–Kier alpha value is -4.36. The zero-order chi connectivity index (χ0) is 32.5. The van der Waals surface area contributed by atoms with Gasteiger partial charge in [0.15, 0.2) is 0 Å². The molecule has 1 aromatic rings. The van der Waals surface area contributed by atoms with Gasteiger partial charge in [-0.15, -0.1) is 5.01 Å². The first-order valence-corrected chi connectivity index (χ1v) is 13.0. The number of imide groups is 2. The van der Waals surface area contributed by atoms with E-state index < -0.39 is 66.1 Å². The van der Waals surface area contributed by atoms with Crippen LogP contribution in [0.25, 0.3) is 0 Å². The molecule has 0 aliphatic rings. The molecule has 0 radical (unpaired) electrons. The highest BCUT2D eigenvalue weighted by molar-refractivity contribution is 5.97. The van der Waals surface area contributed by atoms with Crippen LogP contribution >= 0.6 is 0 Å². The third kappa shape index (κ3) is 12.9. The quantitative estimate of drug-likeness (QED) is 0.256. The van der Waals surface area contributed by atoms with E-state index in [1.807, 2.05) is 0 Å².